The number of carbonyl (C=O) groups excluding carboxylic acids is 1. The van der Waals surface area contributed by atoms with Crippen LogP contribution in [0.4, 0.5) is 0 Å². The summed E-state index contributed by atoms with van der Waals surface area (Å²) in [6.45, 7) is 10.6. The van der Waals surface area contributed by atoms with Crippen LogP contribution in [0.3, 0.4) is 0 Å². The van der Waals surface area contributed by atoms with Crippen molar-refractivity contribution < 1.29 is 4.79 Å². The Morgan fingerprint density at radius 3 is 1.75 bits per heavy atom. The summed E-state index contributed by atoms with van der Waals surface area (Å²) in [5, 5.41) is 0. The minimum Gasteiger partial charge on any atom is -0.303 e. The standard InChI is InChI=1S/C8H17N.C7H14.C6H10O.CH4/c1-2-6-9-7-4-3-5-8-9;1-7-5-3-2-4-6-7;1-2-6(7)5-3-4-5;/h2-8H2,1H3;7H,2-6H2,1H3;5H,2-4H2,1H3;1H4. The van der Waals surface area contributed by atoms with Crippen molar-refractivity contribution in [2.75, 3.05) is 19.6 Å². The summed E-state index contributed by atoms with van der Waals surface area (Å²) in [6, 6.07) is 0. The van der Waals surface area contributed by atoms with E-state index in [1.54, 1.807) is 0 Å². The Labute approximate surface area is 152 Å². The van der Waals surface area contributed by atoms with Gasteiger partial charge in [-0.2, -0.15) is 0 Å². The van der Waals surface area contributed by atoms with Gasteiger partial charge in [0.05, 0.1) is 0 Å². The summed E-state index contributed by atoms with van der Waals surface area (Å²) < 4.78 is 0. The van der Waals surface area contributed by atoms with E-state index in [2.05, 4.69) is 18.7 Å². The topological polar surface area (TPSA) is 20.3 Å². The van der Waals surface area contributed by atoms with E-state index < -0.39 is 0 Å². The zero-order valence-electron chi connectivity index (χ0n) is 16.1. The van der Waals surface area contributed by atoms with E-state index >= 15 is 0 Å². The summed E-state index contributed by atoms with van der Waals surface area (Å²) in [7, 11) is 0. The van der Waals surface area contributed by atoms with Crippen molar-refractivity contribution in [1.82, 2.24) is 4.90 Å². The van der Waals surface area contributed by atoms with Gasteiger partial charge in [0, 0.05) is 12.3 Å². The first-order chi connectivity index (χ1) is 11.2. The van der Waals surface area contributed by atoms with E-state index in [-0.39, 0.29) is 7.43 Å². The van der Waals surface area contributed by atoms with Crippen molar-refractivity contribution in [1.29, 1.82) is 0 Å². The molecule has 2 aliphatic carbocycles. The van der Waals surface area contributed by atoms with Crippen LogP contribution in [0.25, 0.3) is 0 Å². The second kappa shape index (κ2) is 14.9. The third kappa shape index (κ3) is 12.1. The highest BCUT2D eigenvalue weighted by molar-refractivity contribution is 5.82. The molecular formula is C22H45NO. The monoisotopic (exact) mass is 339 g/mol. The fourth-order valence-electron chi connectivity index (χ4n) is 3.50. The summed E-state index contributed by atoms with van der Waals surface area (Å²) in [4.78, 5) is 13.1. The van der Waals surface area contributed by atoms with Crippen LogP contribution in [0, 0.1) is 11.8 Å². The van der Waals surface area contributed by atoms with Crippen molar-refractivity contribution in [3.8, 4) is 0 Å². The van der Waals surface area contributed by atoms with Crippen molar-refractivity contribution in [3.63, 3.8) is 0 Å². The molecule has 0 aromatic heterocycles. The Balaban J connectivity index is 0.000000327. The van der Waals surface area contributed by atoms with Gasteiger partial charge in [0.15, 0.2) is 0 Å². The summed E-state index contributed by atoms with van der Waals surface area (Å²) in [6.07, 6.45) is 16.1. The summed E-state index contributed by atoms with van der Waals surface area (Å²) in [5.41, 5.74) is 0. The van der Waals surface area contributed by atoms with Crippen LogP contribution in [0.15, 0.2) is 0 Å². The predicted molar refractivity (Wildman–Crippen MR) is 108 cm³/mol. The number of ketones is 1. The molecule has 0 atom stereocenters. The Morgan fingerprint density at radius 1 is 0.875 bits per heavy atom. The molecule has 2 heteroatoms. The zero-order valence-corrected chi connectivity index (χ0v) is 16.1. The fourth-order valence-corrected chi connectivity index (χ4v) is 3.50. The van der Waals surface area contributed by atoms with Crippen molar-refractivity contribution in [2.45, 2.75) is 105 Å². The smallest absolute Gasteiger partial charge is 0.135 e. The Hall–Kier alpha value is -0.370. The van der Waals surface area contributed by atoms with Crippen LogP contribution in [0.5, 0.6) is 0 Å². The second-order valence-corrected chi connectivity index (χ2v) is 7.74. The van der Waals surface area contributed by atoms with Gasteiger partial charge < -0.3 is 4.90 Å². The van der Waals surface area contributed by atoms with Gasteiger partial charge >= 0.3 is 0 Å². The Bertz CT molecular complexity index is 284. The largest absolute Gasteiger partial charge is 0.303 e. The van der Waals surface area contributed by atoms with Crippen LogP contribution >= 0.6 is 0 Å². The maximum Gasteiger partial charge on any atom is 0.135 e. The highest BCUT2D eigenvalue weighted by Crippen LogP contribution is 2.30. The molecule has 144 valence electrons. The van der Waals surface area contributed by atoms with E-state index in [1.807, 2.05) is 6.92 Å². The summed E-state index contributed by atoms with van der Waals surface area (Å²) in [5.74, 6) is 1.97. The number of hydrogen-bond donors (Lipinski definition) is 0. The lowest BCUT2D eigenvalue weighted by atomic mass is 9.91. The van der Waals surface area contributed by atoms with Gasteiger partial charge in [-0.05, 0) is 57.7 Å². The lowest BCUT2D eigenvalue weighted by Crippen LogP contribution is -2.30. The van der Waals surface area contributed by atoms with Gasteiger partial charge in [0.25, 0.3) is 0 Å². The molecule has 1 aliphatic heterocycles. The molecule has 1 saturated heterocycles. The van der Waals surface area contributed by atoms with Crippen LogP contribution < -0.4 is 0 Å². The molecule has 0 spiro atoms. The van der Waals surface area contributed by atoms with E-state index in [0.717, 1.165) is 25.2 Å². The first-order valence-corrected chi connectivity index (χ1v) is 10.4. The predicted octanol–water partition coefficient (Wildman–Crippen LogP) is 6.48. The quantitative estimate of drug-likeness (QED) is 0.584. The normalized spacial score (nSPS) is 21.5. The molecule has 0 N–H and O–H groups in total. The van der Waals surface area contributed by atoms with Crippen LogP contribution in [-0.2, 0) is 4.79 Å². The SMILES string of the molecule is C.CC1CCCCC1.CCC(=O)C1CC1.CCCN1CCCCC1. The fraction of sp³-hybridized carbons (Fsp3) is 0.955. The Morgan fingerprint density at radius 2 is 1.42 bits per heavy atom. The van der Waals surface area contributed by atoms with Gasteiger partial charge in [-0.15, -0.1) is 0 Å². The molecule has 2 saturated carbocycles. The molecular weight excluding hydrogens is 294 g/mol. The molecule has 3 fully saturated rings. The van der Waals surface area contributed by atoms with Gasteiger partial charge in [-0.3, -0.25) is 4.79 Å². The van der Waals surface area contributed by atoms with Crippen LogP contribution in [-0.4, -0.2) is 30.3 Å². The lowest BCUT2D eigenvalue weighted by Gasteiger charge is -2.25. The summed E-state index contributed by atoms with van der Waals surface area (Å²) >= 11 is 0. The maximum atomic E-state index is 10.6. The molecule has 0 aromatic rings. The van der Waals surface area contributed by atoms with Crippen LogP contribution in [0.2, 0.25) is 0 Å². The molecule has 0 amide bonds. The average Bonchev–Trinajstić information content (AvgIpc) is 3.42. The molecule has 0 radical (unpaired) electrons. The zero-order chi connectivity index (χ0) is 16.9. The van der Waals surface area contributed by atoms with Crippen molar-refractivity contribution in [2.24, 2.45) is 11.8 Å². The number of likely N-dealkylation sites (tertiary alicyclic amines) is 1. The molecule has 0 aromatic carbocycles. The lowest BCUT2D eigenvalue weighted by molar-refractivity contribution is -0.119. The number of rotatable bonds is 4. The second-order valence-electron chi connectivity index (χ2n) is 7.74. The number of piperidine rings is 1. The van der Waals surface area contributed by atoms with E-state index in [4.69, 9.17) is 0 Å². The molecule has 3 aliphatic rings. The number of carbonyl (C=O) groups is 1. The number of hydrogen-bond acceptors (Lipinski definition) is 2. The van der Waals surface area contributed by atoms with E-state index in [0.29, 0.717) is 11.7 Å². The molecule has 0 unspecified atom stereocenters. The number of nitrogens with zero attached hydrogens (tertiary/aromatic N) is 1. The van der Waals surface area contributed by atoms with Gasteiger partial charge in [-0.1, -0.05) is 66.7 Å². The molecule has 1 heterocycles. The van der Waals surface area contributed by atoms with E-state index in [1.165, 1.54) is 77.4 Å². The number of Topliss-reactive ketones (excluding diaryl/α,β-unsaturated/α-hetero) is 1. The van der Waals surface area contributed by atoms with Gasteiger partial charge in [0.2, 0.25) is 0 Å². The van der Waals surface area contributed by atoms with Gasteiger partial charge in [0.1, 0.15) is 5.78 Å². The van der Waals surface area contributed by atoms with Crippen molar-refractivity contribution >= 4 is 5.78 Å². The molecule has 24 heavy (non-hydrogen) atoms. The minimum atomic E-state index is 0. The molecule has 2 nitrogen and oxygen atoms in total. The molecule has 0 bridgehead atoms. The third-order valence-corrected chi connectivity index (χ3v) is 5.26. The highest BCUT2D eigenvalue weighted by atomic mass is 16.1. The third-order valence-electron chi connectivity index (χ3n) is 5.26. The Kier molecular flexibility index (Phi) is 14.7. The first-order valence-electron chi connectivity index (χ1n) is 10.4. The van der Waals surface area contributed by atoms with Gasteiger partial charge in [-0.25, -0.2) is 0 Å². The average molecular weight is 340 g/mol. The van der Waals surface area contributed by atoms with E-state index in [9.17, 15) is 4.79 Å². The highest BCUT2D eigenvalue weighted by Gasteiger charge is 2.27. The van der Waals surface area contributed by atoms with Crippen molar-refractivity contribution in [3.05, 3.63) is 0 Å². The van der Waals surface area contributed by atoms with Crippen LogP contribution in [0.1, 0.15) is 105 Å². The molecule has 3 rings (SSSR count). The maximum absolute atomic E-state index is 10.6. The first kappa shape index (κ1) is 23.6. The minimum absolute atomic E-state index is 0.